The summed E-state index contributed by atoms with van der Waals surface area (Å²) in [6, 6.07) is 0.153. The number of urea groups is 1. The number of rotatable bonds is 3. The highest BCUT2D eigenvalue weighted by molar-refractivity contribution is 5.74. The van der Waals surface area contributed by atoms with Gasteiger partial charge in [0.1, 0.15) is 0 Å². The summed E-state index contributed by atoms with van der Waals surface area (Å²) in [5.41, 5.74) is 0.372. The van der Waals surface area contributed by atoms with Crippen LogP contribution in [0.2, 0.25) is 0 Å². The quantitative estimate of drug-likeness (QED) is 0.869. The summed E-state index contributed by atoms with van der Waals surface area (Å²) in [6.07, 6.45) is 5.99. The van der Waals surface area contributed by atoms with Gasteiger partial charge in [-0.05, 0) is 69.5 Å². The van der Waals surface area contributed by atoms with Crippen molar-refractivity contribution in [2.24, 2.45) is 17.3 Å². The van der Waals surface area contributed by atoms with E-state index in [0.29, 0.717) is 5.41 Å². The first-order valence-electron chi connectivity index (χ1n) is 9.07. The van der Waals surface area contributed by atoms with Crippen LogP contribution in [0.4, 0.5) is 4.79 Å². The van der Waals surface area contributed by atoms with E-state index < -0.39 is 0 Å². The summed E-state index contributed by atoms with van der Waals surface area (Å²) < 4.78 is 0. The van der Waals surface area contributed by atoms with E-state index in [0.717, 1.165) is 50.7 Å². The van der Waals surface area contributed by atoms with Crippen molar-refractivity contribution in [3.63, 3.8) is 0 Å². The molecule has 0 aromatic rings. The van der Waals surface area contributed by atoms with Gasteiger partial charge in [0.25, 0.3) is 0 Å². The Morgan fingerprint density at radius 1 is 1.05 bits per heavy atom. The summed E-state index contributed by atoms with van der Waals surface area (Å²) in [7, 11) is 2.19. The molecular formula is C18H35N3O. The molecule has 1 N–H and O–H groups in total. The van der Waals surface area contributed by atoms with Crippen LogP contribution in [0, 0.1) is 17.3 Å². The zero-order valence-electron chi connectivity index (χ0n) is 15.0. The van der Waals surface area contributed by atoms with Crippen molar-refractivity contribution in [2.45, 2.75) is 52.9 Å². The van der Waals surface area contributed by atoms with Crippen molar-refractivity contribution in [3.8, 4) is 0 Å². The molecule has 0 saturated carbocycles. The van der Waals surface area contributed by atoms with Crippen molar-refractivity contribution in [3.05, 3.63) is 0 Å². The number of likely N-dealkylation sites (tertiary alicyclic amines) is 2. The van der Waals surface area contributed by atoms with E-state index in [1.54, 1.807) is 0 Å². The maximum absolute atomic E-state index is 12.3. The van der Waals surface area contributed by atoms with Gasteiger partial charge < -0.3 is 15.1 Å². The number of carbonyl (C=O) groups excluding carboxylic acids is 1. The Morgan fingerprint density at radius 3 is 2.18 bits per heavy atom. The normalized spacial score (nSPS) is 22.8. The van der Waals surface area contributed by atoms with Crippen molar-refractivity contribution >= 4 is 6.03 Å². The summed E-state index contributed by atoms with van der Waals surface area (Å²) in [5, 5.41) is 3.14. The highest BCUT2D eigenvalue weighted by Crippen LogP contribution is 2.34. The lowest BCUT2D eigenvalue weighted by molar-refractivity contribution is 0.121. The first kappa shape index (κ1) is 17.6. The minimum Gasteiger partial charge on any atom is -0.338 e. The fraction of sp³-hybridized carbons (Fsp3) is 0.944. The van der Waals surface area contributed by atoms with E-state index >= 15 is 0 Å². The van der Waals surface area contributed by atoms with Gasteiger partial charge in [-0.2, -0.15) is 0 Å². The summed E-state index contributed by atoms with van der Waals surface area (Å²) in [4.78, 5) is 16.7. The Balaban J connectivity index is 1.62. The van der Waals surface area contributed by atoms with E-state index in [9.17, 15) is 4.79 Å². The van der Waals surface area contributed by atoms with Crippen LogP contribution in [-0.4, -0.2) is 55.6 Å². The number of nitrogens with one attached hydrogen (secondary N) is 1. The van der Waals surface area contributed by atoms with Gasteiger partial charge in [-0.3, -0.25) is 0 Å². The molecule has 4 heteroatoms. The van der Waals surface area contributed by atoms with E-state index in [1.807, 2.05) is 4.90 Å². The Bertz CT molecular complexity index is 348. The SMILES string of the molecule is CN1CCC(CCNC(=O)N2CCC(C(C)(C)C)CC2)CC1. The van der Waals surface area contributed by atoms with Crippen LogP contribution in [0.25, 0.3) is 0 Å². The monoisotopic (exact) mass is 309 g/mol. The second kappa shape index (κ2) is 7.67. The molecule has 2 saturated heterocycles. The van der Waals surface area contributed by atoms with Crippen molar-refractivity contribution in [1.29, 1.82) is 0 Å². The highest BCUT2D eigenvalue weighted by atomic mass is 16.2. The van der Waals surface area contributed by atoms with Gasteiger partial charge >= 0.3 is 6.03 Å². The maximum atomic E-state index is 12.3. The maximum Gasteiger partial charge on any atom is 0.317 e. The molecule has 22 heavy (non-hydrogen) atoms. The standard InChI is InChI=1S/C18H35N3O/c1-18(2,3)16-8-13-21(14-9-16)17(22)19-10-5-15-6-11-20(4)12-7-15/h15-16H,5-14H2,1-4H3,(H,19,22). The Labute approximate surface area is 136 Å². The van der Waals surface area contributed by atoms with Crippen LogP contribution in [0.1, 0.15) is 52.9 Å². The third kappa shape index (κ3) is 5.15. The van der Waals surface area contributed by atoms with Gasteiger partial charge in [0.05, 0.1) is 0 Å². The van der Waals surface area contributed by atoms with E-state index in [-0.39, 0.29) is 6.03 Å². The fourth-order valence-corrected chi connectivity index (χ4v) is 3.79. The second-order valence-electron chi connectivity index (χ2n) is 8.39. The van der Waals surface area contributed by atoms with E-state index in [1.165, 1.54) is 25.9 Å². The van der Waals surface area contributed by atoms with Gasteiger partial charge in [0, 0.05) is 19.6 Å². The van der Waals surface area contributed by atoms with Gasteiger partial charge in [-0.15, -0.1) is 0 Å². The van der Waals surface area contributed by atoms with Crippen LogP contribution in [0.5, 0.6) is 0 Å². The zero-order chi connectivity index (χ0) is 16.2. The Kier molecular flexibility index (Phi) is 6.13. The average molecular weight is 309 g/mol. The molecule has 0 atom stereocenters. The molecule has 0 radical (unpaired) electrons. The molecule has 128 valence electrons. The molecule has 2 heterocycles. The van der Waals surface area contributed by atoms with Crippen molar-refractivity contribution < 1.29 is 4.79 Å². The van der Waals surface area contributed by atoms with Crippen molar-refractivity contribution in [2.75, 3.05) is 39.8 Å². The largest absolute Gasteiger partial charge is 0.338 e. The summed E-state index contributed by atoms with van der Waals surface area (Å²) in [6.45, 7) is 12.0. The minimum absolute atomic E-state index is 0.153. The number of amides is 2. The number of carbonyl (C=O) groups is 1. The van der Waals surface area contributed by atoms with Gasteiger partial charge in [-0.1, -0.05) is 20.8 Å². The summed E-state index contributed by atoms with van der Waals surface area (Å²) >= 11 is 0. The number of hydrogen-bond donors (Lipinski definition) is 1. The molecule has 2 rings (SSSR count). The highest BCUT2D eigenvalue weighted by Gasteiger charge is 2.30. The molecule has 2 aliphatic heterocycles. The van der Waals surface area contributed by atoms with E-state index in [4.69, 9.17) is 0 Å². The van der Waals surface area contributed by atoms with Gasteiger partial charge in [0.2, 0.25) is 0 Å². The fourth-order valence-electron chi connectivity index (χ4n) is 3.79. The van der Waals surface area contributed by atoms with Gasteiger partial charge in [0.15, 0.2) is 0 Å². The van der Waals surface area contributed by atoms with Crippen LogP contribution >= 0.6 is 0 Å². The van der Waals surface area contributed by atoms with Crippen LogP contribution in [0.3, 0.4) is 0 Å². The smallest absolute Gasteiger partial charge is 0.317 e. The molecule has 2 fully saturated rings. The molecule has 0 aromatic carbocycles. The molecular weight excluding hydrogens is 274 g/mol. The topological polar surface area (TPSA) is 35.6 Å². The van der Waals surface area contributed by atoms with Gasteiger partial charge in [-0.25, -0.2) is 4.79 Å². The summed E-state index contributed by atoms with van der Waals surface area (Å²) in [5.74, 6) is 1.54. The predicted molar refractivity (Wildman–Crippen MR) is 92.0 cm³/mol. The molecule has 0 spiro atoms. The Morgan fingerprint density at radius 2 is 1.64 bits per heavy atom. The van der Waals surface area contributed by atoms with Crippen LogP contribution in [0.15, 0.2) is 0 Å². The molecule has 2 aliphatic rings. The van der Waals surface area contributed by atoms with Crippen LogP contribution in [-0.2, 0) is 0 Å². The molecule has 4 nitrogen and oxygen atoms in total. The van der Waals surface area contributed by atoms with Crippen LogP contribution < -0.4 is 5.32 Å². The lowest BCUT2D eigenvalue weighted by atomic mass is 9.75. The third-order valence-corrected chi connectivity index (χ3v) is 5.67. The number of piperidine rings is 2. The zero-order valence-corrected chi connectivity index (χ0v) is 15.0. The first-order chi connectivity index (χ1) is 10.4. The first-order valence-corrected chi connectivity index (χ1v) is 9.07. The van der Waals surface area contributed by atoms with E-state index in [2.05, 4.69) is 38.0 Å². The number of hydrogen-bond acceptors (Lipinski definition) is 2. The molecule has 0 aliphatic carbocycles. The third-order valence-electron chi connectivity index (χ3n) is 5.67. The lowest BCUT2D eigenvalue weighted by Crippen LogP contribution is -2.46. The van der Waals surface area contributed by atoms with Crippen molar-refractivity contribution in [1.82, 2.24) is 15.1 Å². The lowest BCUT2D eigenvalue weighted by Gasteiger charge is -2.38. The molecule has 0 aromatic heterocycles. The number of nitrogens with zero attached hydrogens (tertiary/aromatic N) is 2. The molecule has 2 amide bonds. The minimum atomic E-state index is 0.153. The second-order valence-corrected chi connectivity index (χ2v) is 8.39. The Hall–Kier alpha value is -0.770. The predicted octanol–water partition coefficient (Wildman–Crippen LogP) is 3.19. The average Bonchev–Trinajstić information content (AvgIpc) is 2.48. The molecule has 0 unspecified atom stereocenters. The molecule has 0 bridgehead atoms.